The van der Waals surface area contributed by atoms with Crippen molar-refractivity contribution in [1.82, 2.24) is 0 Å². The predicted molar refractivity (Wildman–Crippen MR) is 114 cm³/mol. The molecule has 0 aliphatic heterocycles. The number of hydrogen-bond donors (Lipinski definition) is 0. The minimum absolute atomic E-state index is 0.135. The first-order valence-corrected chi connectivity index (χ1v) is 10.1. The van der Waals surface area contributed by atoms with Gasteiger partial charge in [-0.25, -0.2) is 0 Å². The van der Waals surface area contributed by atoms with Gasteiger partial charge in [0.1, 0.15) is 12.4 Å². The van der Waals surface area contributed by atoms with Crippen LogP contribution < -0.4 is 4.74 Å². The molecule has 0 bridgehead atoms. The summed E-state index contributed by atoms with van der Waals surface area (Å²) in [6, 6.07) is 24.7. The van der Waals surface area contributed by atoms with E-state index in [-0.39, 0.29) is 5.78 Å². The van der Waals surface area contributed by atoms with Crippen LogP contribution in [-0.4, -0.2) is 5.78 Å². The molecule has 142 valence electrons. The third-order valence-corrected chi connectivity index (χ3v) is 5.67. The van der Waals surface area contributed by atoms with Gasteiger partial charge in [-0.2, -0.15) is 0 Å². The van der Waals surface area contributed by atoms with E-state index in [9.17, 15) is 4.79 Å². The number of Topliss-reactive ketones (excluding diaryl/α,β-unsaturated/α-hetero) is 1. The van der Waals surface area contributed by atoms with Crippen molar-refractivity contribution in [1.29, 1.82) is 0 Å². The lowest BCUT2D eigenvalue weighted by atomic mass is 9.87. The van der Waals surface area contributed by atoms with Gasteiger partial charge >= 0.3 is 0 Å². The summed E-state index contributed by atoms with van der Waals surface area (Å²) in [5.41, 5.74) is 5.72. The first kappa shape index (κ1) is 18.5. The molecule has 3 aromatic carbocycles. The first-order valence-electron chi connectivity index (χ1n) is 10.1. The normalized spacial score (nSPS) is 14.2. The molecular formula is C26H26O2. The molecule has 0 saturated heterocycles. The summed E-state index contributed by atoms with van der Waals surface area (Å²) in [4.78, 5) is 11.9. The summed E-state index contributed by atoms with van der Waals surface area (Å²) in [5.74, 6) is 1.56. The summed E-state index contributed by atoms with van der Waals surface area (Å²) < 4.78 is 5.92. The van der Waals surface area contributed by atoms with Crippen LogP contribution in [-0.2, 0) is 6.61 Å². The molecule has 0 atom stereocenters. The summed E-state index contributed by atoms with van der Waals surface area (Å²) in [7, 11) is 0. The summed E-state index contributed by atoms with van der Waals surface area (Å²) in [6.07, 6.45) is 4.99. The predicted octanol–water partition coefficient (Wildman–Crippen LogP) is 6.79. The zero-order valence-corrected chi connectivity index (χ0v) is 16.4. The van der Waals surface area contributed by atoms with E-state index in [1.807, 2.05) is 36.4 Å². The molecule has 1 saturated carbocycles. The van der Waals surface area contributed by atoms with Crippen LogP contribution in [0.1, 0.15) is 60.0 Å². The van der Waals surface area contributed by atoms with Crippen molar-refractivity contribution in [3.05, 3.63) is 89.5 Å². The van der Waals surface area contributed by atoms with Gasteiger partial charge in [-0.15, -0.1) is 0 Å². The molecular weight excluding hydrogens is 344 g/mol. The Morgan fingerprint density at radius 1 is 0.929 bits per heavy atom. The van der Waals surface area contributed by atoms with E-state index in [0.29, 0.717) is 12.5 Å². The quantitative estimate of drug-likeness (QED) is 0.446. The van der Waals surface area contributed by atoms with Crippen molar-refractivity contribution in [2.75, 3.05) is 0 Å². The SMILES string of the molecule is CC(=O)c1ccc(-c2ccc(OCc3ccccc3)cc2)c(C2CCCC2)c1. The molecule has 1 fully saturated rings. The lowest BCUT2D eigenvalue weighted by molar-refractivity contribution is 0.101. The van der Waals surface area contributed by atoms with Gasteiger partial charge in [0.2, 0.25) is 0 Å². The van der Waals surface area contributed by atoms with Crippen LogP contribution in [0.4, 0.5) is 0 Å². The Labute approximate surface area is 167 Å². The molecule has 28 heavy (non-hydrogen) atoms. The molecule has 0 aromatic heterocycles. The molecule has 1 aliphatic carbocycles. The van der Waals surface area contributed by atoms with Crippen LogP contribution in [0.25, 0.3) is 11.1 Å². The Morgan fingerprint density at radius 2 is 1.64 bits per heavy atom. The van der Waals surface area contributed by atoms with Crippen molar-refractivity contribution in [2.24, 2.45) is 0 Å². The summed E-state index contributed by atoms with van der Waals surface area (Å²) in [6.45, 7) is 2.22. The molecule has 2 nitrogen and oxygen atoms in total. The monoisotopic (exact) mass is 370 g/mol. The van der Waals surface area contributed by atoms with Crippen LogP contribution in [0.15, 0.2) is 72.8 Å². The number of ether oxygens (including phenoxy) is 1. The second kappa shape index (κ2) is 8.43. The zero-order valence-electron chi connectivity index (χ0n) is 16.4. The van der Waals surface area contributed by atoms with E-state index in [4.69, 9.17) is 4.74 Å². The third-order valence-electron chi connectivity index (χ3n) is 5.67. The number of hydrogen-bond acceptors (Lipinski definition) is 2. The highest BCUT2D eigenvalue weighted by Crippen LogP contribution is 2.40. The van der Waals surface area contributed by atoms with Gasteiger partial charge in [-0.3, -0.25) is 4.79 Å². The van der Waals surface area contributed by atoms with Gasteiger partial charge < -0.3 is 4.74 Å². The Kier molecular flexibility index (Phi) is 5.57. The van der Waals surface area contributed by atoms with Gasteiger partial charge in [-0.1, -0.05) is 67.4 Å². The van der Waals surface area contributed by atoms with Crippen molar-refractivity contribution in [2.45, 2.75) is 45.1 Å². The molecule has 0 unspecified atom stereocenters. The topological polar surface area (TPSA) is 26.3 Å². The second-order valence-corrected chi connectivity index (χ2v) is 7.64. The van der Waals surface area contributed by atoms with Crippen molar-refractivity contribution < 1.29 is 9.53 Å². The average Bonchev–Trinajstić information content (AvgIpc) is 3.28. The van der Waals surface area contributed by atoms with Crippen LogP contribution >= 0.6 is 0 Å². The van der Waals surface area contributed by atoms with E-state index in [1.54, 1.807) is 6.92 Å². The number of carbonyl (C=O) groups excluding carboxylic acids is 1. The smallest absolute Gasteiger partial charge is 0.159 e. The molecule has 1 aliphatic rings. The van der Waals surface area contributed by atoms with Gasteiger partial charge in [0.25, 0.3) is 0 Å². The highest BCUT2D eigenvalue weighted by atomic mass is 16.5. The van der Waals surface area contributed by atoms with Crippen molar-refractivity contribution in [3.8, 4) is 16.9 Å². The number of benzene rings is 3. The third kappa shape index (κ3) is 4.17. The Hall–Kier alpha value is -2.87. The van der Waals surface area contributed by atoms with Gasteiger partial charge in [0.05, 0.1) is 0 Å². The van der Waals surface area contributed by atoms with Gasteiger partial charge in [0, 0.05) is 5.56 Å². The lowest BCUT2D eigenvalue weighted by Crippen LogP contribution is -2.01. The maximum atomic E-state index is 11.9. The van der Waals surface area contributed by atoms with Crippen molar-refractivity contribution in [3.63, 3.8) is 0 Å². The standard InChI is InChI=1S/C26H26O2/c1-19(27)23-13-16-25(26(17-23)21-9-5-6-10-21)22-11-14-24(15-12-22)28-18-20-7-3-2-4-8-20/h2-4,7-8,11-17,21H,5-6,9-10,18H2,1H3. The largest absolute Gasteiger partial charge is 0.489 e. The van der Waals surface area contributed by atoms with E-state index in [1.165, 1.54) is 42.4 Å². The Balaban J connectivity index is 1.57. The molecule has 0 spiro atoms. The van der Waals surface area contributed by atoms with E-state index >= 15 is 0 Å². The van der Waals surface area contributed by atoms with E-state index in [2.05, 4.69) is 36.4 Å². The molecule has 0 radical (unpaired) electrons. The Bertz CT molecular complexity index is 936. The van der Waals surface area contributed by atoms with E-state index in [0.717, 1.165) is 16.9 Å². The minimum atomic E-state index is 0.135. The molecule has 0 N–H and O–H groups in total. The summed E-state index contributed by atoms with van der Waals surface area (Å²) in [5, 5.41) is 0. The molecule has 0 amide bonds. The molecule has 2 heteroatoms. The molecule has 0 heterocycles. The number of carbonyl (C=O) groups is 1. The average molecular weight is 370 g/mol. The van der Waals surface area contributed by atoms with Crippen LogP contribution in [0, 0.1) is 0 Å². The van der Waals surface area contributed by atoms with Gasteiger partial charge in [-0.05, 0) is 66.1 Å². The van der Waals surface area contributed by atoms with E-state index < -0.39 is 0 Å². The number of rotatable bonds is 6. The van der Waals surface area contributed by atoms with Crippen LogP contribution in [0.2, 0.25) is 0 Å². The first-order chi connectivity index (χ1) is 13.7. The number of ketones is 1. The second-order valence-electron chi connectivity index (χ2n) is 7.64. The van der Waals surface area contributed by atoms with Crippen LogP contribution in [0.3, 0.4) is 0 Å². The Morgan fingerprint density at radius 3 is 2.32 bits per heavy atom. The van der Waals surface area contributed by atoms with Crippen LogP contribution in [0.5, 0.6) is 5.75 Å². The fourth-order valence-corrected chi connectivity index (χ4v) is 4.09. The highest BCUT2D eigenvalue weighted by Gasteiger charge is 2.21. The van der Waals surface area contributed by atoms with Crippen molar-refractivity contribution >= 4 is 5.78 Å². The fourth-order valence-electron chi connectivity index (χ4n) is 4.09. The minimum Gasteiger partial charge on any atom is -0.489 e. The van der Waals surface area contributed by atoms with Gasteiger partial charge in [0.15, 0.2) is 5.78 Å². The molecule has 3 aromatic rings. The maximum absolute atomic E-state index is 11.9. The summed E-state index contributed by atoms with van der Waals surface area (Å²) >= 11 is 0. The fraction of sp³-hybridized carbons (Fsp3) is 0.269. The molecule has 4 rings (SSSR count). The zero-order chi connectivity index (χ0) is 19.3. The highest BCUT2D eigenvalue weighted by molar-refractivity contribution is 5.95. The lowest BCUT2D eigenvalue weighted by Gasteiger charge is -2.17. The maximum Gasteiger partial charge on any atom is 0.159 e.